The molecular formula is C13H18F2N2O3S. The molecule has 0 radical (unpaired) electrons. The largest absolute Gasteiger partial charge is 0.399 e. The van der Waals surface area contributed by atoms with E-state index in [1.165, 1.54) is 0 Å². The Morgan fingerprint density at radius 3 is 2.48 bits per heavy atom. The molecule has 8 heteroatoms. The molecule has 1 aliphatic rings. The van der Waals surface area contributed by atoms with E-state index in [2.05, 4.69) is 0 Å². The smallest absolute Gasteiger partial charge is 0.246 e. The number of rotatable bonds is 5. The number of nitrogen functional groups attached to an aromatic ring is 1. The zero-order chi connectivity index (χ0) is 15.6. The van der Waals surface area contributed by atoms with Crippen LogP contribution in [-0.2, 0) is 10.0 Å². The molecule has 1 aromatic rings. The zero-order valence-electron chi connectivity index (χ0n) is 11.4. The van der Waals surface area contributed by atoms with Gasteiger partial charge in [0.1, 0.15) is 4.90 Å². The number of nitrogens with two attached hydrogens (primary N) is 1. The van der Waals surface area contributed by atoms with Crippen LogP contribution in [0.25, 0.3) is 0 Å². The minimum Gasteiger partial charge on any atom is -0.399 e. The molecule has 1 saturated carbocycles. The molecule has 2 rings (SSSR count). The van der Waals surface area contributed by atoms with Crippen LogP contribution < -0.4 is 5.73 Å². The van der Waals surface area contributed by atoms with Gasteiger partial charge in [0, 0.05) is 18.3 Å². The number of aliphatic hydroxyl groups is 1. The lowest BCUT2D eigenvalue weighted by Gasteiger charge is -2.27. The third-order valence-corrected chi connectivity index (χ3v) is 5.61. The molecule has 0 spiro atoms. The highest BCUT2D eigenvalue weighted by Crippen LogP contribution is 2.30. The molecule has 1 fully saturated rings. The Hall–Kier alpha value is -1.25. The summed E-state index contributed by atoms with van der Waals surface area (Å²) in [5.41, 5.74) is 5.25. The molecule has 21 heavy (non-hydrogen) atoms. The van der Waals surface area contributed by atoms with E-state index in [-0.39, 0.29) is 24.9 Å². The number of sulfonamides is 1. The van der Waals surface area contributed by atoms with Crippen LogP contribution in [0.3, 0.4) is 0 Å². The van der Waals surface area contributed by atoms with E-state index in [9.17, 15) is 17.2 Å². The van der Waals surface area contributed by atoms with E-state index in [0.29, 0.717) is 12.8 Å². The van der Waals surface area contributed by atoms with Crippen molar-refractivity contribution in [2.24, 2.45) is 0 Å². The predicted octanol–water partition coefficient (Wildman–Crippen LogP) is 1.47. The van der Waals surface area contributed by atoms with E-state index in [4.69, 9.17) is 10.8 Å². The number of anilines is 1. The van der Waals surface area contributed by atoms with E-state index < -0.39 is 26.6 Å². The van der Waals surface area contributed by atoms with Gasteiger partial charge in [0.25, 0.3) is 0 Å². The minimum atomic E-state index is -4.24. The lowest BCUT2D eigenvalue weighted by atomic mass is 10.2. The Bertz CT molecular complexity index is 616. The van der Waals surface area contributed by atoms with Crippen LogP contribution in [0.15, 0.2) is 17.0 Å². The Labute approximate surface area is 122 Å². The highest BCUT2D eigenvalue weighted by atomic mass is 32.2. The molecule has 0 bridgehead atoms. The SMILES string of the molecule is Nc1cc(F)c(F)c(S(=O)(=O)N(CCO)C2CCCC2)c1. The fourth-order valence-electron chi connectivity index (χ4n) is 2.69. The van der Waals surface area contributed by atoms with Gasteiger partial charge in [0.15, 0.2) is 11.6 Å². The van der Waals surface area contributed by atoms with Crippen molar-refractivity contribution in [3.05, 3.63) is 23.8 Å². The summed E-state index contributed by atoms with van der Waals surface area (Å²) in [6.45, 7) is -0.537. The normalized spacial score (nSPS) is 16.8. The number of hydrogen-bond acceptors (Lipinski definition) is 4. The van der Waals surface area contributed by atoms with Crippen LogP contribution in [-0.4, -0.2) is 37.0 Å². The summed E-state index contributed by atoms with van der Waals surface area (Å²) in [7, 11) is -4.24. The molecular weight excluding hydrogens is 302 g/mol. The van der Waals surface area contributed by atoms with Crippen LogP contribution >= 0.6 is 0 Å². The third-order valence-electron chi connectivity index (χ3n) is 3.66. The first kappa shape index (κ1) is 16.1. The van der Waals surface area contributed by atoms with Gasteiger partial charge in [0.05, 0.1) is 6.61 Å². The van der Waals surface area contributed by atoms with Gasteiger partial charge in [-0.15, -0.1) is 0 Å². The molecule has 1 aliphatic carbocycles. The van der Waals surface area contributed by atoms with Gasteiger partial charge in [-0.25, -0.2) is 17.2 Å². The second-order valence-electron chi connectivity index (χ2n) is 5.09. The summed E-state index contributed by atoms with van der Waals surface area (Å²) in [5.74, 6) is -2.74. The van der Waals surface area contributed by atoms with Crippen LogP contribution in [0.4, 0.5) is 14.5 Å². The molecule has 0 saturated heterocycles. The molecule has 1 aromatic carbocycles. The molecule has 0 heterocycles. The highest BCUT2D eigenvalue weighted by Gasteiger charge is 2.35. The first-order valence-electron chi connectivity index (χ1n) is 6.75. The maximum Gasteiger partial charge on any atom is 0.246 e. The minimum absolute atomic E-state index is 0.150. The molecule has 0 unspecified atom stereocenters. The fraction of sp³-hybridized carbons (Fsp3) is 0.538. The maximum atomic E-state index is 13.9. The van der Waals surface area contributed by atoms with Crippen molar-refractivity contribution >= 4 is 15.7 Å². The average molecular weight is 320 g/mol. The van der Waals surface area contributed by atoms with Crippen molar-refractivity contribution in [2.45, 2.75) is 36.6 Å². The number of halogens is 2. The summed E-state index contributed by atoms with van der Waals surface area (Å²) in [5, 5.41) is 9.09. The highest BCUT2D eigenvalue weighted by molar-refractivity contribution is 7.89. The van der Waals surface area contributed by atoms with E-state index in [1.807, 2.05) is 0 Å². The maximum absolute atomic E-state index is 13.9. The van der Waals surface area contributed by atoms with Crippen LogP contribution in [0.2, 0.25) is 0 Å². The van der Waals surface area contributed by atoms with Crippen LogP contribution in [0.1, 0.15) is 25.7 Å². The van der Waals surface area contributed by atoms with Gasteiger partial charge >= 0.3 is 0 Å². The third kappa shape index (κ3) is 3.17. The molecule has 118 valence electrons. The molecule has 0 amide bonds. The first-order valence-corrected chi connectivity index (χ1v) is 8.19. The van der Waals surface area contributed by atoms with Gasteiger partial charge in [-0.3, -0.25) is 0 Å². The van der Waals surface area contributed by atoms with Crippen molar-refractivity contribution < 1.29 is 22.3 Å². The van der Waals surface area contributed by atoms with Crippen molar-refractivity contribution in [2.75, 3.05) is 18.9 Å². The van der Waals surface area contributed by atoms with Crippen molar-refractivity contribution in [1.29, 1.82) is 0 Å². The van der Waals surface area contributed by atoms with Crippen molar-refractivity contribution in [3.8, 4) is 0 Å². The summed E-state index contributed by atoms with van der Waals surface area (Å²) in [4.78, 5) is -0.777. The Morgan fingerprint density at radius 2 is 1.90 bits per heavy atom. The van der Waals surface area contributed by atoms with Crippen LogP contribution in [0.5, 0.6) is 0 Å². The van der Waals surface area contributed by atoms with Gasteiger partial charge in [-0.2, -0.15) is 4.31 Å². The topological polar surface area (TPSA) is 83.6 Å². The molecule has 0 aromatic heterocycles. The Balaban J connectivity index is 2.47. The van der Waals surface area contributed by atoms with Gasteiger partial charge in [0.2, 0.25) is 10.0 Å². The molecule has 0 atom stereocenters. The Morgan fingerprint density at radius 1 is 1.29 bits per heavy atom. The van der Waals surface area contributed by atoms with Gasteiger partial charge < -0.3 is 10.8 Å². The number of benzene rings is 1. The summed E-state index contributed by atoms with van der Waals surface area (Å²) in [6.07, 6.45) is 3.03. The first-order chi connectivity index (χ1) is 9.87. The number of aliphatic hydroxyl groups excluding tert-OH is 1. The van der Waals surface area contributed by atoms with Crippen molar-refractivity contribution in [1.82, 2.24) is 4.31 Å². The summed E-state index contributed by atoms with van der Waals surface area (Å²) < 4.78 is 53.5. The van der Waals surface area contributed by atoms with Crippen molar-refractivity contribution in [3.63, 3.8) is 0 Å². The summed E-state index contributed by atoms with van der Waals surface area (Å²) >= 11 is 0. The lowest BCUT2D eigenvalue weighted by molar-refractivity contribution is 0.226. The molecule has 3 N–H and O–H groups in total. The number of hydrogen-bond donors (Lipinski definition) is 2. The second kappa shape index (κ2) is 6.25. The standard InChI is InChI=1S/C13H18F2N2O3S/c14-11-7-9(16)8-12(13(11)15)21(19,20)17(5-6-18)10-3-1-2-4-10/h7-8,10,18H,1-6,16H2. The van der Waals surface area contributed by atoms with E-state index in [1.54, 1.807) is 0 Å². The van der Waals surface area contributed by atoms with E-state index in [0.717, 1.165) is 29.3 Å². The Kier molecular flexibility index (Phi) is 4.80. The molecule has 5 nitrogen and oxygen atoms in total. The monoisotopic (exact) mass is 320 g/mol. The van der Waals surface area contributed by atoms with E-state index >= 15 is 0 Å². The number of nitrogens with zero attached hydrogens (tertiary/aromatic N) is 1. The van der Waals surface area contributed by atoms with Gasteiger partial charge in [-0.1, -0.05) is 12.8 Å². The average Bonchev–Trinajstić information content (AvgIpc) is 2.93. The molecule has 0 aliphatic heterocycles. The quantitative estimate of drug-likeness (QED) is 0.805. The second-order valence-corrected chi connectivity index (χ2v) is 6.95. The van der Waals surface area contributed by atoms with Crippen LogP contribution in [0, 0.1) is 11.6 Å². The predicted molar refractivity (Wildman–Crippen MR) is 74.0 cm³/mol. The summed E-state index contributed by atoms with van der Waals surface area (Å²) in [6, 6.07) is 1.35. The van der Waals surface area contributed by atoms with Gasteiger partial charge in [-0.05, 0) is 25.0 Å². The zero-order valence-corrected chi connectivity index (χ0v) is 12.2. The lowest BCUT2D eigenvalue weighted by Crippen LogP contribution is -2.41. The fourth-order valence-corrected chi connectivity index (χ4v) is 4.47.